The van der Waals surface area contributed by atoms with Crippen LogP contribution >= 0.6 is 0 Å². The van der Waals surface area contributed by atoms with Gasteiger partial charge in [-0.25, -0.2) is 0 Å². The van der Waals surface area contributed by atoms with E-state index >= 15 is 0 Å². The molecule has 3 rings (SSSR count). The maximum Gasteiger partial charge on any atom is 0.139 e. The number of aryl methyl sites for hydroxylation is 1. The van der Waals surface area contributed by atoms with E-state index in [4.69, 9.17) is 4.42 Å². The van der Waals surface area contributed by atoms with Crippen LogP contribution in [0.3, 0.4) is 0 Å². The molecular formula is C17H18O. The van der Waals surface area contributed by atoms with Crippen molar-refractivity contribution in [1.82, 2.24) is 0 Å². The molecule has 0 amide bonds. The van der Waals surface area contributed by atoms with Gasteiger partial charge in [0.05, 0.1) is 0 Å². The van der Waals surface area contributed by atoms with Gasteiger partial charge in [0.25, 0.3) is 0 Å². The summed E-state index contributed by atoms with van der Waals surface area (Å²) in [5.74, 6) is 0. The first kappa shape index (κ1) is 11.3. The van der Waals surface area contributed by atoms with Gasteiger partial charge >= 0.3 is 0 Å². The molecule has 18 heavy (non-hydrogen) atoms. The fourth-order valence-corrected chi connectivity index (χ4v) is 2.50. The highest BCUT2D eigenvalue weighted by molar-refractivity contribution is 6.06. The zero-order chi connectivity index (χ0) is 12.9. The third-order valence-corrected chi connectivity index (χ3v) is 3.46. The van der Waals surface area contributed by atoms with Crippen LogP contribution in [0.25, 0.3) is 21.9 Å². The van der Waals surface area contributed by atoms with Gasteiger partial charge in [-0.3, -0.25) is 0 Å². The number of hydrogen-bond acceptors (Lipinski definition) is 1. The van der Waals surface area contributed by atoms with Crippen molar-refractivity contribution in [2.24, 2.45) is 0 Å². The van der Waals surface area contributed by atoms with Crippen molar-refractivity contribution in [3.63, 3.8) is 0 Å². The first-order valence-corrected chi connectivity index (χ1v) is 6.39. The highest BCUT2D eigenvalue weighted by Crippen LogP contribution is 2.36. The molecule has 1 heterocycles. The lowest BCUT2D eigenvalue weighted by molar-refractivity contribution is 0.573. The highest BCUT2D eigenvalue weighted by Gasteiger charge is 2.20. The molecule has 0 saturated carbocycles. The molecule has 0 N–H and O–H groups in total. The number of furan rings is 1. The van der Waals surface area contributed by atoms with E-state index in [1.807, 2.05) is 0 Å². The van der Waals surface area contributed by atoms with E-state index in [0.29, 0.717) is 0 Å². The Morgan fingerprint density at radius 1 is 0.944 bits per heavy atom. The third-order valence-electron chi connectivity index (χ3n) is 3.46. The monoisotopic (exact) mass is 238 g/mol. The summed E-state index contributed by atoms with van der Waals surface area (Å²) < 4.78 is 6.07. The number of rotatable bonds is 0. The van der Waals surface area contributed by atoms with Crippen LogP contribution in [0.5, 0.6) is 0 Å². The lowest BCUT2D eigenvalue weighted by atomic mass is 9.86. The molecule has 3 aromatic rings. The lowest BCUT2D eigenvalue weighted by Crippen LogP contribution is -2.10. The van der Waals surface area contributed by atoms with Gasteiger partial charge in [-0.05, 0) is 24.5 Å². The Labute approximate surface area is 107 Å². The van der Waals surface area contributed by atoms with E-state index in [1.54, 1.807) is 0 Å². The molecule has 0 bridgehead atoms. The Morgan fingerprint density at radius 2 is 1.72 bits per heavy atom. The second-order valence-corrected chi connectivity index (χ2v) is 6.03. The Hall–Kier alpha value is -1.76. The van der Waals surface area contributed by atoms with Gasteiger partial charge in [-0.2, -0.15) is 0 Å². The lowest BCUT2D eigenvalue weighted by Gasteiger charge is -2.18. The smallest absolute Gasteiger partial charge is 0.139 e. The Kier molecular flexibility index (Phi) is 2.28. The summed E-state index contributed by atoms with van der Waals surface area (Å²) in [5.41, 5.74) is 4.65. The van der Waals surface area contributed by atoms with Gasteiger partial charge in [0, 0.05) is 16.3 Å². The standard InChI is InChI=1S/C17H18O/c1-11-8-9-15-13(10-11)12-6-5-7-14(16(12)18-15)17(2,3)4/h5-10H,1-4H3. The predicted octanol–water partition coefficient (Wildman–Crippen LogP) is 5.19. The van der Waals surface area contributed by atoms with Crippen molar-refractivity contribution in [2.45, 2.75) is 33.1 Å². The number of para-hydroxylation sites is 1. The summed E-state index contributed by atoms with van der Waals surface area (Å²) in [4.78, 5) is 0. The van der Waals surface area contributed by atoms with Gasteiger partial charge in [-0.1, -0.05) is 50.6 Å². The molecule has 0 saturated heterocycles. The van der Waals surface area contributed by atoms with Crippen molar-refractivity contribution < 1.29 is 4.42 Å². The Bertz CT molecular complexity index is 726. The molecule has 1 nitrogen and oxygen atoms in total. The molecule has 0 spiro atoms. The third kappa shape index (κ3) is 1.62. The number of hydrogen-bond donors (Lipinski definition) is 0. The van der Waals surface area contributed by atoms with Crippen molar-refractivity contribution >= 4 is 21.9 Å². The minimum atomic E-state index is 0.0996. The summed E-state index contributed by atoms with van der Waals surface area (Å²) in [5, 5.41) is 2.44. The van der Waals surface area contributed by atoms with E-state index < -0.39 is 0 Å². The van der Waals surface area contributed by atoms with E-state index in [2.05, 4.69) is 64.1 Å². The molecule has 0 aliphatic heterocycles. The quantitative estimate of drug-likeness (QED) is 0.525. The molecule has 0 unspecified atom stereocenters. The largest absolute Gasteiger partial charge is 0.456 e. The molecule has 0 fully saturated rings. The van der Waals surface area contributed by atoms with Gasteiger partial charge < -0.3 is 4.42 Å². The van der Waals surface area contributed by atoms with Crippen LogP contribution in [0.1, 0.15) is 31.9 Å². The van der Waals surface area contributed by atoms with Gasteiger partial charge in [0.15, 0.2) is 0 Å². The van der Waals surface area contributed by atoms with Gasteiger partial charge in [-0.15, -0.1) is 0 Å². The van der Waals surface area contributed by atoms with Crippen molar-refractivity contribution in [3.8, 4) is 0 Å². The molecule has 2 aromatic carbocycles. The summed E-state index contributed by atoms with van der Waals surface area (Å²) in [6.07, 6.45) is 0. The highest BCUT2D eigenvalue weighted by atomic mass is 16.3. The Morgan fingerprint density at radius 3 is 2.44 bits per heavy atom. The summed E-state index contributed by atoms with van der Waals surface area (Å²) in [6, 6.07) is 12.8. The first-order chi connectivity index (χ1) is 8.47. The van der Waals surface area contributed by atoms with Gasteiger partial charge in [0.2, 0.25) is 0 Å². The van der Waals surface area contributed by atoms with Crippen LogP contribution < -0.4 is 0 Å². The molecule has 1 aromatic heterocycles. The van der Waals surface area contributed by atoms with Crippen LogP contribution in [0, 0.1) is 6.92 Å². The van der Waals surface area contributed by atoms with Crippen molar-refractivity contribution in [1.29, 1.82) is 0 Å². The maximum atomic E-state index is 6.07. The van der Waals surface area contributed by atoms with Gasteiger partial charge in [0.1, 0.15) is 11.2 Å². The first-order valence-electron chi connectivity index (χ1n) is 6.39. The molecule has 92 valence electrons. The SMILES string of the molecule is Cc1ccc2oc3c(C(C)(C)C)cccc3c2c1. The van der Waals surface area contributed by atoms with Crippen LogP contribution in [0.2, 0.25) is 0 Å². The van der Waals surface area contributed by atoms with E-state index in [-0.39, 0.29) is 5.41 Å². The van der Waals surface area contributed by atoms with Crippen molar-refractivity contribution in [2.75, 3.05) is 0 Å². The second-order valence-electron chi connectivity index (χ2n) is 6.03. The van der Waals surface area contributed by atoms with E-state index in [1.165, 1.54) is 21.9 Å². The minimum absolute atomic E-state index is 0.0996. The normalized spacial score (nSPS) is 12.4. The average Bonchev–Trinajstić information content (AvgIpc) is 2.65. The summed E-state index contributed by atoms with van der Waals surface area (Å²) >= 11 is 0. The zero-order valence-corrected chi connectivity index (χ0v) is 11.4. The topological polar surface area (TPSA) is 13.1 Å². The molecule has 1 heteroatoms. The molecule has 0 aliphatic rings. The molecular weight excluding hydrogens is 220 g/mol. The average molecular weight is 238 g/mol. The van der Waals surface area contributed by atoms with Crippen LogP contribution in [-0.4, -0.2) is 0 Å². The fraction of sp³-hybridized carbons (Fsp3) is 0.294. The summed E-state index contributed by atoms with van der Waals surface area (Å²) in [7, 11) is 0. The zero-order valence-electron chi connectivity index (χ0n) is 11.4. The fourth-order valence-electron chi connectivity index (χ4n) is 2.50. The van der Waals surface area contributed by atoms with Crippen LogP contribution in [0.15, 0.2) is 40.8 Å². The predicted molar refractivity (Wildman–Crippen MR) is 77.2 cm³/mol. The molecule has 0 aliphatic carbocycles. The van der Waals surface area contributed by atoms with E-state index in [0.717, 1.165) is 11.2 Å². The minimum Gasteiger partial charge on any atom is -0.456 e. The van der Waals surface area contributed by atoms with Crippen molar-refractivity contribution in [3.05, 3.63) is 47.5 Å². The number of benzene rings is 2. The van der Waals surface area contributed by atoms with Crippen LogP contribution in [0.4, 0.5) is 0 Å². The second kappa shape index (κ2) is 3.61. The summed E-state index contributed by atoms with van der Waals surface area (Å²) in [6.45, 7) is 8.78. The molecule has 0 atom stereocenters. The molecule has 0 radical (unpaired) electrons. The van der Waals surface area contributed by atoms with E-state index in [9.17, 15) is 0 Å². The maximum absolute atomic E-state index is 6.07. The van der Waals surface area contributed by atoms with Crippen LogP contribution in [-0.2, 0) is 5.41 Å². The number of fused-ring (bicyclic) bond motifs is 3. The Balaban J connectivity index is 2.47.